The average molecular weight is 450 g/mol. The van der Waals surface area contributed by atoms with Gasteiger partial charge >= 0.3 is 0 Å². The van der Waals surface area contributed by atoms with Gasteiger partial charge in [0.05, 0.1) is 10.7 Å². The third-order valence-electron chi connectivity index (χ3n) is 4.73. The van der Waals surface area contributed by atoms with E-state index in [9.17, 15) is 23.1 Å². The second-order valence-corrected chi connectivity index (χ2v) is 9.02. The number of aromatic hydroxyl groups is 1. The first-order valence-electron chi connectivity index (χ1n) is 8.95. The predicted molar refractivity (Wildman–Crippen MR) is 117 cm³/mol. The Morgan fingerprint density at radius 1 is 1.00 bits per heavy atom. The van der Waals surface area contributed by atoms with Gasteiger partial charge in [0.25, 0.3) is 10.9 Å². The molecule has 0 saturated carbocycles. The van der Waals surface area contributed by atoms with E-state index in [1.54, 1.807) is 0 Å². The van der Waals surface area contributed by atoms with E-state index < -0.39 is 31.5 Å². The fraction of sp³-hybridized carbons (Fsp3) is 0.200. The summed E-state index contributed by atoms with van der Waals surface area (Å²) in [7, 11) is -2.88. The summed E-state index contributed by atoms with van der Waals surface area (Å²) in [5.41, 5.74) is 0.439. The Morgan fingerprint density at radius 3 is 2.20 bits per heavy atom. The first-order valence-corrected chi connectivity index (χ1v) is 10.8. The van der Waals surface area contributed by atoms with Crippen molar-refractivity contribution in [3.63, 3.8) is 0 Å². The molecule has 0 aliphatic carbocycles. The van der Waals surface area contributed by atoms with E-state index in [2.05, 4.69) is 15.4 Å². The molecular formula is C20H20ClN3O5S. The Hall–Kier alpha value is -2.88. The molecule has 0 amide bonds. The Labute approximate surface area is 178 Å². The molecule has 0 spiro atoms. The normalized spacial score (nSPS) is 12.7. The number of phenols is 1. The van der Waals surface area contributed by atoms with Crippen molar-refractivity contribution < 1.29 is 13.5 Å². The summed E-state index contributed by atoms with van der Waals surface area (Å²) >= 11 is 5.93. The molecule has 3 aromatic rings. The summed E-state index contributed by atoms with van der Waals surface area (Å²) in [4.78, 5) is 23.7. The quantitative estimate of drug-likeness (QED) is 0.323. The monoisotopic (exact) mass is 449 g/mol. The number of benzene rings is 2. The zero-order chi connectivity index (χ0) is 22.2. The van der Waals surface area contributed by atoms with Gasteiger partial charge in [-0.3, -0.25) is 9.59 Å². The molecule has 0 fully saturated rings. The van der Waals surface area contributed by atoms with Gasteiger partial charge in [-0.25, -0.2) is 13.1 Å². The number of halogens is 1. The van der Waals surface area contributed by atoms with Crippen LogP contribution in [0.2, 0.25) is 5.02 Å². The van der Waals surface area contributed by atoms with Crippen molar-refractivity contribution in [2.75, 3.05) is 17.7 Å². The van der Waals surface area contributed by atoms with Gasteiger partial charge in [0.15, 0.2) is 5.75 Å². The summed E-state index contributed by atoms with van der Waals surface area (Å²) in [5, 5.41) is 15.9. The molecule has 0 radical (unpaired) electrons. The molecule has 3 rings (SSSR count). The van der Waals surface area contributed by atoms with Crippen molar-refractivity contribution in [2.45, 2.75) is 24.8 Å². The fourth-order valence-corrected chi connectivity index (χ4v) is 4.29. The van der Waals surface area contributed by atoms with E-state index in [1.165, 1.54) is 19.2 Å². The van der Waals surface area contributed by atoms with Gasteiger partial charge in [0.2, 0.25) is 10.0 Å². The molecule has 0 heterocycles. The topological polar surface area (TPSA) is 125 Å². The van der Waals surface area contributed by atoms with Crippen LogP contribution >= 0.6 is 11.6 Å². The van der Waals surface area contributed by atoms with E-state index in [0.29, 0.717) is 0 Å². The molecule has 0 aromatic heterocycles. The summed E-state index contributed by atoms with van der Waals surface area (Å²) in [6.45, 7) is 3.80. The Kier molecular flexibility index (Phi) is 5.89. The molecule has 8 nitrogen and oxygen atoms in total. The van der Waals surface area contributed by atoms with Crippen LogP contribution in [0.4, 0.5) is 17.1 Å². The van der Waals surface area contributed by atoms with E-state index in [1.807, 2.05) is 38.1 Å². The highest BCUT2D eigenvalue weighted by molar-refractivity contribution is 7.89. The summed E-state index contributed by atoms with van der Waals surface area (Å²) in [6.07, 6.45) is 0. The van der Waals surface area contributed by atoms with Crippen molar-refractivity contribution >= 4 is 38.7 Å². The zero-order valence-electron chi connectivity index (χ0n) is 16.4. The second kappa shape index (κ2) is 8.10. The lowest BCUT2D eigenvalue weighted by Gasteiger charge is -2.21. The lowest BCUT2D eigenvalue weighted by Crippen LogP contribution is -2.37. The number of rotatable bonds is 7. The fourth-order valence-electron chi connectivity index (χ4n) is 2.94. The molecule has 10 heteroatoms. The Bertz CT molecular complexity index is 1280. The van der Waals surface area contributed by atoms with Gasteiger partial charge in [0, 0.05) is 6.04 Å². The van der Waals surface area contributed by atoms with Crippen molar-refractivity contribution in [1.29, 1.82) is 0 Å². The minimum atomic E-state index is -4.06. The van der Waals surface area contributed by atoms with Crippen LogP contribution < -0.4 is 26.2 Å². The first kappa shape index (κ1) is 21.8. The molecule has 0 aliphatic heterocycles. The lowest BCUT2D eigenvalue weighted by molar-refractivity contribution is 0.461. The molecule has 0 aliphatic rings. The third-order valence-corrected chi connectivity index (χ3v) is 6.64. The van der Waals surface area contributed by atoms with E-state index in [4.69, 9.17) is 11.6 Å². The van der Waals surface area contributed by atoms with Crippen LogP contribution in [0, 0.1) is 6.92 Å². The summed E-state index contributed by atoms with van der Waals surface area (Å²) < 4.78 is 26.4. The average Bonchev–Trinajstić information content (AvgIpc) is 2.71. The SMILES string of the molecule is CNS(=O)(=O)c1c(Cl)ccc(Nc2c(NC(C)c3ccc(C)cc3)c(=O)c2=O)c1O. The highest BCUT2D eigenvalue weighted by Gasteiger charge is 2.27. The van der Waals surface area contributed by atoms with Crippen LogP contribution in [-0.2, 0) is 10.0 Å². The van der Waals surface area contributed by atoms with Gasteiger partial charge in [-0.1, -0.05) is 41.4 Å². The first-order chi connectivity index (χ1) is 14.1. The van der Waals surface area contributed by atoms with Gasteiger partial charge in [-0.2, -0.15) is 0 Å². The van der Waals surface area contributed by atoms with Gasteiger partial charge < -0.3 is 15.7 Å². The summed E-state index contributed by atoms with van der Waals surface area (Å²) in [6, 6.07) is 10.00. The maximum Gasteiger partial charge on any atom is 0.253 e. The molecule has 158 valence electrons. The van der Waals surface area contributed by atoms with Gasteiger partial charge in [0.1, 0.15) is 16.3 Å². The van der Waals surface area contributed by atoms with Gasteiger partial charge in [-0.05, 0) is 38.6 Å². The number of hydrogen-bond donors (Lipinski definition) is 4. The van der Waals surface area contributed by atoms with Crippen LogP contribution in [-0.4, -0.2) is 20.6 Å². The number of phenolic OH excluding ortho intramolecular Hbond substituents is 1. The van der Waals surface area contributed by atoms with E-state index in [-0.39, 0.29) is 28.1 Å². The van der Waals surface area contributed by atoms with Crippen LogP contribution in [0.5, 0.6) is 5.75 Å². The molecule has 3 aromatic carbocycles. The summed E-state index contributed by atoms with van der Waals surface area (Å²) in [5.74, 6) is -0.664. The molecule has 1 unspecified atom stereocenters. The number of sulfonamides is 1. The van der Waals surface area contributed by atoms with Crippen LogP contribution in [0.15, 0.2) is 50.9 Å². The maximum absolute atomic E-state index is 12.1. The van der Waals surface area contributed by atoms with Crippen LogP contribution in [0.1, 0.15) is 24.1 Å². The molecule has 0 bridgehead atoms. The molecule has 1 atom stereocenters. The van der Waals surface area contributed by atoms with Crippen LogP contribution in [0.3, 0.4) is 0 Å². The smallest absolute Gasteiger partial charge is 0.253 e. The molecule has 4 N–H and O–H groups in total. The highest BCUT2D eigenvalue weighted by Crippen LogP contribution is 2.38. The van der Waals surface area contributed by atoms with Crippen molar-refractivity contribution in [1.82, 2.24) is 4.72 Å². The standard InChI is InChI=1S/C20H20ClN3O5S/c1-10-4-6-12(7-5-10)11(2)23-15-16(19(27)18(15)26)24-14-9-8-13(21)20(17(14)25)30(28,29)22-3/h4-9,11,22-25H,1-3H3. The van der Waals surface area contributed by atoms with Crippen molar-refractivity contribution in [3.05, 3.63) is 73.0 Å². The number of aryl methyl sites for hydroxylation is 1. The van der Waals surface area contributed by atoms with E-state index in [0.717, 1.165) is 11.1 Å². The van der Waals surface area contributed by atoms with Crippen molar-refractivity contribution in [2.24, 2.45) is 0 Å². The largest absolute Gasteiger partial charge is 0.504 e. The van der Waals surface area contributed by atoms with E-state index >= 15 is 0 Å². The minimum Gasteiger partial charge on any atom is -0.504 e. The molecule has 0 saturated heterocycles. The van der Waals surface area contributed by atoms with Crippen molar-refractivity contribution in [3.8, 4) is 5.75 Å². The van der Waals surface area contributed by atoms with Crippen LogP contribution in [0.25, 0.3) is 0 Å². The Balaban J connectivity index is 1.94. The maximum atomic E-state index is 12.1. The minimum absolute atomic E-state index is 0.0560. The second-order valence-electron chi connectivity index (χ2n) is 6.79. The Morgan fingerprint density at radius 2 is 1.60 bits per heavy atom. The molecule has 30 heavy (non-hydrogen) atoms. The number of anilines is 3. The third kappa shape index (κ3) is 3.91. The number of hydrogen-bond acceptors (Lipinski definition) is 7. The predicted octanol–water partition coefficient (Wildman–Crippen LogP) is 2.77. The molecular weight excluding hydrogens is 430 g/mol. The number of nitrogens with one attached hydrogen (secondary N) is 3. The van der Waals surface area contributed by atoms with Gasteiger partial charge in [-0.15, -0.1) is 0 Å². The lowest BCUT2D eigenvalue weighted by atomic mass is 10.0. The highest BCUT2D eigenvalue weighted by atomic mass is 35.5. The zero-order valence-corrected chi connectivity index (χ0v) is 18.0.